The molecule has 3 heterocycles. The highest BCUT2D eigenvalue weighted by molar-refractivity contribution is 5.89. The maximum atomic E-state index is 12.6. The first kappa shape index (κ1) is 19.8. The van der Waals surface area contributed by atoms with Crippen LogP contribution in [-0.4, -0.2) is 73.6 Å². The summed E-state index contributed by atoms with van der Waals surface area (Å²) in [5, 5.41) is 16.1. The van der Waals surface area contributed by atoms with Crippen molar-refractivity contribution in [3.05, 3.63) is 0 Å². The Bertz CT molecular complexity index is 501. The van der Waals surface area contributed by atoms with E-state index >= 15 is 0 Å². The molecule has 0 aliphatic carbocycles. The third kappa shape index (κ3) is 4.35. The van der Waals surface area contributed by atoms with Crippen molar-refractivity contribution in [3.8, 4) is 0 Å². The summed E-state index contributed by atoms with van der Waals surface area (Å²) in [5.41, 5.74) is 0. The molecule has 0 aromatic heterocycles. The molecule has 3 saturated heterocycles. The van der Waals surface area contributed by atoms with Gasteiger partial charge in [0.05, 0.1) is 12.6 Å². The molecule has 7 unspecified atom stereocenters. The average Bonchev–Trinajstić information content (AvgIpc) is 2.62. The Morgan fingerprint density at radius 1 is 1.44 bits per heavy atom. The summed E-state index contributed by atoms with van der Waals surface area (Å²) >= 11 is 0. The maximum absolute atomic E-state index is 12.6. The second-order valence-corrected chi connectivity index (χ2v) is 6.41. The lowest BCUT2D eigenvalue weighted by Gasteiger charge is -2.40. The minimum atomic E-state index is -1.13. The lowest BCUT2D eigenvalue weighted by molar-refractivity contribution is -0.218. The Morgan fingerprint density at radius 3 is 2.76 bits per heavy atom. The Labute approximate surface area is 146 Å². The van der Waals surface area contributed by atoms with Gasteiger partial charge in [-0.25, -0.2) is 4.79 Å². The molecule has 0 aromatic carbocycles. The number of amides is 1. The number of carbonyl (C=O) groups excluding carboxylic acids is 3. The number of carbonyl (C=O) groups is 3. The average molecular weight is 358 g/mol. The summed E-state index contributed by atoms with van der Waals surface area (Å²) in [6.07, 6.45) is -2.57. The van der Waals surface area contributed by atoms with Crippen molar-refractivity contribution in [2.24, 2.45) is 5.92 Å². The molecule has 9 nitrogen and oxygen atoms in total. The van der Waals surface area contributed by atoms with Crippen molar-refractivity contribution in [1.29, 1.82) is 0 Å². The minimum absolute atomic E-state index is 0.00813. The third-order valence-corrected chi connectivity index (χ3v) is 4.77. The van der Waals surface area contributed by atoms with Crippen molar-refractivity contribution >= 4 is 18.2 Å². The fourth-order valence-electron chi connectivity index (χ4n) is 3.04. The van der Waals surface area contributed by atoms with Gasteiger partial charge in [-0.05, 0) is 5.92 Å². The fourth-order valence-corrected chi connectivity index (χ4v) is 3.04. The zero-order valence-corrected chi connectivity index (χ0v) is 14.6. The number of aldehydes is 1. The monoisotopic (exact) mass is 358 g/mol. The molecule has 0 aromatic rings. The van der Waals surface area contributed by atoms with Crippen molar-refractivity contribution < 1.29 is 33.7 Å². The van der Waals surface area contributed by atoms with Gasteiger partial charge >= 0.3 is 5.97 Å². The lowest BCUT2D eigenvalue weighted by atomic mass is 9.96. The molecule has 3 fully saturated rings. The Morgan fingerprint density at radius 2 is 2.16 bits per heavy atom. The highest BCUT2D eigenvalue weighted by Crippen LogP contribution is 2.22. The molecular formula is C16H26N2O7. The van der Waals surface area contributed by atoms with Crippen molar-refractivity contribution in [1.82, 2.24) is 10.6 Å². The number of aliphatic hydroxyl groups excluding tert-OH is 1. The van der Waals surface area contributed by atoms with Gasteiger partial charge in [-0.15, -0.1) is 0 Å². The Hall–Kier alpha value is -1.55. The van der Waals surface area contributed by atoms with Crippen molar-refractivity contribution in [3.63, 3.8) is 0 Å². The van der Waals surface area contributed by atoms with E-state index in [0.717, 1.165) is 0 Å². The van der Waals surface area contributed by atoms with Gasteiger partial charge in [-0.1, -0.05) is 20.3 Å². The van der Waals surface area contributed by atoms with Crippen LogP contribution in [-0.2, 0) is 28.6 Å². The predicted molar refractivity (Wildman–Crippen MR) is 85.4 cm³/mol. The minimum Gasteiger partial charge on any atom is -0.455 e. The smallest absolute Gasteiger partial charge is 0.329 e. The van der Waals surface area contributed by atoms with Crippen LogP contribution in [0.3, 0.4) is 0 Å². The Balaban J connectivity index is 2.36. The number of hydrogen-bond donors (Lipinski definition) is 3. The van der Waals surface area contributed by atoms with E-state index in [2.05, 4.69) is 10.6 Å². The van der Waals surface area contributed by atoms with E-state index in [4.69, 9.17) is 14.2 Å². The molecule has 9 heteroatoms. The first-order chi connectivity index (χ1) is 11.9. The molecule has 1 amide bonds. The largest absolute Gasteiger partial charge is 0.455 e. The number of aliphatic hydroxyl groups is 1. The molecule has 0 radical (unpaired) electrons. The van der Waals surface area contributed by atoms with Gasteiger partial charge in [0.1, 0.15) is 30.8 Å². The zero-order valence-electron chi connectivity index (χ0n) is 14.6. The summed E-state index contributed by atoms with van der Waals surface area (Å²) in [4.78, 5) is 35.9. The van der Waals surface area contributed by atoms with Crippen LogP contribution in [0.1, 0.15) is 26.7 Å². The highest BCUT2D eigenvalue weighted by atomic mass is 16.6. The van der Waals surface area contributed by atoms with E-state index in [9.17, 15) is 19.5 Å². The molecule has 142 valence electrons. The van der Waals surface area contributed by atoms with E-state index in [1.807, 2.05) is 13.8 Å². The molecule has 3 N–H and O–H groups in total. The van der Waals surface area contributed by atoms with Crippen LogP contribution in [0.15, 0.2) is 0 Å². The van der Waals surface area contributed by atoms with Crippen LogP contribution < -0.4 is 10.6 Å². The van der Waals surface area contributed by atoms with Gasteiger partial charge < -0.3 is 29.4 Å². The normalized spacial score (nSPS) is 37.6. The summed E-state index contributed by atoms with van der Waals surface area (Å²) in [7, 11) is 1.40. The first-order valence-corrected chi connectivity index (χ1v) is 8.45. The topological polar surface area (TPSA) is 123 Å². The van der Waals surface area contributed by atoms with E-state index in [-0.39, 0.29) is 18.9 Å². The van der Waals surface area contributed by atoms with Crippen LogP contribution in [0.2, 0.25) is 0 Å². The number of ether oxygens (including phenoxy) is 3. The number of methoxy groups -OCH3 is 1. The van der Waals surface area contributed by atoms with Gasteiger partial charge in [0.25, 0.3) is 0 Å². The second-order valence-electron chi connectivity index (χ2n) is 6.41. The summed E-state index contributed by atoms with van der Waals surface area (Å²) in [6, 6.07) is -1.80. The Kier molecular flexibility index (Phi) is 6.88. The van der Waals surface area contributed by atoms with Crippen LogP contribution in [0, 0.1) is 5.92 Å². The van der Waals surface area contributed by atoms with E-state index in [1.165, 1.54) is 7.11 Å². The van der Waals surface area contributed by atoms with E-state index in [0.29, 0.717) is 12.7 Å². The van der Waals surface area contributed by atoms with Crippen LogP contribution in [0.4, 0.5) is 0 Å². The standard InChI is InChI=1S/C16H26N2O7/c1-4-8(2)11-14(21)17-9(5-6-19)16(22)25-10-7-24-15(18-11)12(20)13(10)23-3/h6,8-13,15,18,20H,4-5,7H2,1-3H3,(H,17,21). The highest BCUT2D eigenvalue weighted by Gasteiger charge is 2.45. The summed E-state index contributed by atoms with van der Waals surface area (Å²) in [5.74, 6) is -1.30. The number of hydrogen-bond acceptors (Lipinski definition) is 8. The molecule has 3 aliphatic rings. The molecule has 0 spiro atoms. The van der Waals surface area contributed by atoms with Crippen LogP contribution in [0.25, 0.3) is 0 Å². The molecule has 25 heavy (non-hydrogen) atoms. The number of rotatable bonds is 5. The zero-order chi connectivity index (χ0) is 18.6. The number of esters is 1. The van der Waals surface area contributed by atoms with Gasteiger partial charge in [0.15, 0.2) is 6.10 Å². The maximum Gasteiger partial charge on any atom is 0.329 e. The number of fused-ring (bicyclic) bond motifs is 8. The summed E-state index contributed by atoms with van der Waals surface area (Å²) < 4.78 is 16.2. The van der Waals surface area contributed by atoms with Crippen LogP contribution in [0.5, 0.6) is 0 Å². The molecule has 0 saturated carbocycles. The third-order valence-electron chi connectivity index (χ3n) is 4.77. The van der Waals surface area contributed by atoms with Crippen LogP contribution >= 0.6 is 0 Å². The fraction of sp³-hybridized carbons (Fsp3) is 0.812. The number of nitrogens with one attached hydrogen (secondary N) is 2. The molecule has 2 bridgehead atoms. The van der Waals surface area contributed by atoms with Gasteiger partial charge in [0.2, 0.25) is 5.91 Å². The lowest BCUT2D eigenvalue weighted by Crippen LogP contribution is -2.62. The van der Waals surface area contributed by atoms with Crippen molar-refractivity contribution in [2.45, 2.75) is 63.3 Å². The van der Waals surface area contributed by atoms with E-state index in [1.54, 1.807) is 0 Å². The second kappa shape index (κ2) is 8.70. The van der Waals surface area contributed by atoms with Gasteiger partial charge in [-0.2, -0.15) is 0 Å². The quantitative estimate of drug-likeness (QED) is 0.316. The summed E-state index contributed by atoms with van der Waals surface area (Å²) in [6.45, 7) is 3.80. The molecule has 3 rings (SSSR count). The van der Waals surface area contributed by atoms with E-state index < -0.39 is 48.5 Å². The molecule has 7 atom stereocenters. The van der Waals surface area contributed by atoms with Gasteiger partial charge in [0, 0.05) is 13.5 Å². The molecular weight excluding hydrogens is 332 g/mol. The SMILES string of the molecule is CCC(C)C1NC2OCC(OC(=O)C(CC=O)NC1=O)C(OC)C2O. The van der Waals surface area contributed by atoms with Crippen molar-refractivity contribution in [2.75, 3.05) is 13.7 Å². The molecule has 3 aliphatic heterocycles. The first-order valence-electron chi connectivity index (χ1n) is 8.45. The van der Waals surface area contributed by atoms with Gasteiger partial charge in [-0.3, -0.25) is 10.1 Å². The predicted octanol–water partition coefficient (Wildman–Crippen LogP) is -1.28.